The fourth-order valence-corrected chi connectivity index (χ4v) is 4.79. The second-order valence-corrected chi connectivity index (χ2v) is 11.7. The summed E-state index contributed by atoms with van der Waals surface area (Å²) in [5, 5.41) is 12.2. The van der Waals surface area contributed by atoms with Crippen molar-refractivity contribution in [2.24, 2.45) is 0 Å². The number of ether oxygens (including phenoxy) is 2. The normalized spacial score (nSPS) is 11.1. The van der Waals surface area contributed by atoms with Gasteiger partial charge in [-0.25, -0.2) is 24.3 Å². The van der Waals surface area contributed by atoms with E-state index in [0.29, 0.717) is 55.1 Å². The zero-order valence-electron chi connectivity index (χ0n) is 26.6. The Hall–Kier alpha value is -5.04. The van der Waals surface area contributed by atoms with Gasteiger partial charge in [0.25, 0.3) is 5.56 Å². The molecule has 0 fully saturated rings. The third-order valence-electron chi connectivity index (χ3n) is 6.96. The van der Waals surface area contributed by atoms with Crippen molar-refractivity contribution < 1.29 is 14.3 Å². The molecule has 4 aromatic rings. The number of nitriles is 1. The Bertz CT molecular complexity index is 1700. The molecule has 0 aliphatic rings. The minimum Gasteiger partial charge on any atom is -0.490 e. The van der Waals surface area contributed by atoms with E-state index < -0.39 is 11.7 Å². The molecule has 0 atom stereocenters. The molecule has 1 amide bonds. The Morgan fingerprint density at radius 3 is 2.42 bits per heavy atom. The largest absolute Gasteiger partial charge is 0.490 e. The van der Waals surface area contributed by atoms with Crippen LogP contribution < -0.4 is 15.6 Å². The predicted octanol–water partition coefficient (Wildman–Crippen LogP) is 6.10. The van der Waals surface area contributed by atoms with Crippen molar-refractivity contribution in [3.05, 3.63) is 99.5 Å². The van der Waals surface area contributed by atoms with Crippen LogP contribution in [0.25, 0.3) is 17.1 Å². The third-order valence-corrected chi connectivity index (χ3v) is 6.96. The van der Waals surface area contributed by atoms with Crippen molar-refractivity contribution in [2.75, 3.05) is 13.2 Å². The minimum atomic E-state index is -0.551. The van der Waals surface area contributed by atoms with Crippen LogP contribution in [-0.4, -0.2) is 44.4 Å². The van der Waals surface area contributed by atoms with Crippen molar-refractivity contribution in [1.82, 2.24) is 24.8 Å². The number of unbranched alkanes of at least 4 members (excludes halogenated alkanes) is 1. The quantitative estimate of drug-likeness (QED) is 0.191. The van der Waals surface area contributed by atoms with Crippen LogP contribution in [0, 0.1) is 18.3 Å². The first-order valence-corrected chi connectivity index (χ1v) is 15.2. The summed E-state index contributed by atoms with van der Waals surface area (Å²) >= 11 is 0. The topological polar surface area (TPSA) is 132 Å². The fourth-order valence-electron chi connectivity index (χ4n) is 4.79. The summed E-state index contributed by atoms with van der Waals surface area (Å²) < 4.78 is 12.4. The van der Waals surface area contributed by atoms with E-state index in [1.54, 1.807) is 13.0 Å². The van der Waals surface area contributed by atoms with Crippen LogP contribution in [-0.2, 0) is 17.6 Å². The molecule has 0 bridgehead atoms. The van der Waals surface area contributed by atoms with Crippen molar-refractivity contribution in [3.63, 3.8) is 0 Å². The lowest BCUT2D eigenvalue weighted by molar-refractivity contribution is 0.0525. The molecule has 2 aromatic heterocycles. The number of benzene rings is 2. The highest BCUT2D eigenvalue weighted by Gasteiger charge is 2.18. The first-order chi connectivity index (χ1) is 21.6. The van der Waals surface area contributed by atoms with E-state index in [-0.39, 0.29) is 11.5 Å². The monoisotopic (exact) mass is 608 g/mol. The first kappa shape index (κ1) is 32.9. The number of hydrogen-bond acceptors (Lipinski definition) is 8. The van der Waals surface area contributed by atoms with Gasteiger partial charge in [-0.05, 0) is 69.7 Å². The lowest BCUT2D eigenvalue weighted by Gasteiger charge is -2.19. The molecule has 4 rings (SSSR count). The van der Waals surface area contributed by atoms with Crippen molar-refractivity contribution in [3.8, 4) is 28.9 Å². The van der Waals surface area contributed by atoms with E-state index in [1.165, 1.54) is 17.0 Å². The van der Waals surface area contributed by atoms with Gasteiger partial charge in [0.15, 0.2) is 5.75 Å². The number of nitrogens with one attached hydrogen (secondary N) is 1. The molecule has 1 N–H and O–H groups in total. The lowest BCUT2D eigenvalue weighted by Crippen LogP contribution is -2.33. The van der Waals surface area contributed by atoms with Gasteiger partial charge in [-0.2, -0.15) is 5.26 Å². The SMILES string of the molecule is CCCCc1nc(C)n(-c2ncc(OCCCNC(=O)OC(C)(C)C)cn2)c(=O)c1Cc1ccc(-c2ccccc2C#N)cc1. The number of carbonyl (C=O) groups excluding carboxylic acids is 1. The van der Waals surface area contributed by atoms with Gasteiger partial charge >= 0.3 is 6.09 Å². The predicted molar refractivity (Wildman–Crippen MR) is 173 cm³/mol. The molecule has 0 saturated carbocycles. The average Bonchev–Trinajstić information content (AvgIpc) is 3.01. The van der Waals surface area contributed by atoms with Crippen molar-refractivity contribution >= 4 is 6.09 Å². The summed E-state index contributed by atoms with van der Waals surface area (Å²) in [6.45, 7) is 10.1. The number of hydrogen-bond donors (Lipinski definition) is 1. The summed E-state index contributed by atoms with van der Waals surface area (Å²) in [5.41, 5.74) is 4.04. The van der Waals surface area contributed by atoms with Crippen LogP contribution in [0.3, 0.4) is 0 Å². The molecule has 0 radical (unpaired) electrons. The maximum atomic E-state index is 14.0. The number of aryl methyl sites for hydroxylation is 2. The summed E-state index contributed by atoms with van der Waals surface area (Å²) in [7, 11) is 0. The minimum absolute atomic E-state index is 0.200. The van der Waals surface area contributed by atoms with Gasteiger partial charge in [0.1, 0.15) is 11.4 Å². The molecule has 2 heterocycles. The number of rotatable bonds is 12. The highest BCUT2D eigenvalue weighted by atomic mass is 16.6. The van der Waals surface area contributed by atoms with E-state index >= 15 is 0 Å². The average molecular weight is 609 g/mol. The van der Waals surface area contributed by atoms with Gasteiger partial charge < -0.3 is 14.8 Å². The molecule has 2 aromatic carbocycles. The van der Waals surface area contributed by atoms with Crippen LogP contribution in [0.2, 0.25) is 0 Å². The Kier molecular flexibility index (Phi) is 11.0. The Balaban J connectivity index is 1.49. The number of carbonyl (C=O) groups is 1. The second-order valence-electron chi connectivity index (χ2n) is 11.7. The number of amides is 1. The molecule has 10 heteroatoms. The van der Waals surface area contributed by atoms with Crippen LogP contribution in [0.1, 0.15) is 75.2 Å². The van der Waals surface area contributed by atoms with E-state index in [9.17, 15) is 14.9 Å². The van der Waals surface area contributed by atoms with Crippen LogP contribution in [0.4, 0.5) is 4.79 Å². The summed E-state index contributed by atoms with van der Waals surface area (Å²) in [4.78, 5) is 39.4. The smallest absolute Gasteiger partial charge is 0.407 e. The molecule has 0 aliphatic carbocycles. The van der Waals surface area contributed by atoms with Crippen LogP contribution in [0.5, 0.6) is 5.75 Å². The maximum Gasteiger partial charge on any atom is 0.407 e. The van der Waals surface area contributed by atoms with Gasteiger partial charge in [0, 0.05) is 18.5 Å². The molecular formula is C35H40N6O4. The maximum absolute atomic E-state index is 14.0. The molecule has 0 unspecified atom stereocenters. The van der Waals surface area contributed by atoms with E-state index in [2.05, 4.69) is 28.3 Å². The standard InChI is InChI=1S/C35H40N6O4/c1-6-7-13-31-30(20-25-14-16-26(17-15-25)29-12-9-8-11-27(29)21-36)32(42)41(24(2)40-31)33-38-22-28(23-39-33)44-19-10-18-37-34(43)45-35(3,4)5/h8-9,11-12,14-17,22-23H,6-7,10,13,18-20H2,1-5H3,(H,37,43). The van der Waals surface area contributed by atoms with Crippen LogP contribution >= 0.6 is 0 Å². The molecule has 0 spiro atoms. The van der Waals surface area contributed by atoms with Crippen molar-refractivity contribution in [2.45, 2.75) is 72.3 Å². The van der Waals surface area contributed by atoms with Crippen molar-refractivity contribution in [1.29, 1.82) is 5.26 Å². The van der Waals surface area contributed by atoms with Gasteiger partial charge in [-0.1, -0.05) is 55.8 Å². The molecule has 0 saturated heterocycles. The Labute approximate surface area is 264 Å². The third kappa shape index (κ3) is 8.99. The zero-order valence-corrected chi connectivity index (χ0v) is 26.6. The van der Waals surface area contributed by atoms with E-state index in [1.807, 2.05) is 63.2 Å². The highest BCUT2D eigenvalue weighted by molar-refractivity contribution is 5.70. The molecule has 10 nitrogen and oxygen atoms in total. The first-order valence-electron chi connectivity index (χ1n) is 15.2. The van der Waals surface area contributed by atoms with Crippen LogP contribution in [0.15, 0.2) is 65.7 Å². The highest BCUT2D eigenvalue weighted by Crippen LogP contribution is 2.24. The lowest BCUT2D eigenvalue weighted by atomic mass is 9.97. The number of nitrogens with zero attached hydrogens (tertiary/aromatic N) is 5. The van der Waals surface area contributed by atoms with E-state index in [4.69, 9.17) is 14.5 Å². The van der Waals surface area contributed by atoms with Gasteiger partial charge in [-0.15, -0.1) is 0 Å². The number of aromatic nitrogens is 4. The molecule has 234 valence electrons. The zero-order chi connectivity index (χ0) is 32.4. The summed E-state index contributed by atoms with van der Waals surface area (Å²) in [6, 6.07) is 17.7. The fraction of sp³-hybridized carbons (Fsp3) is 0.371. The summed E-state index contributed by atoms with van der Waals surface area (Å²) in [6.07, 6.45) is 6.16. The number of alkyl carbamates (subject to hydrolysis) is 1. The Morgan fingerprint density at radius 1 is 1.04 bits per heavy atom. The summed E-state index contributed by atoms with van der Waals surface area (Å²) in [5.74, 6) is 1.18. The van der Waals surface area contributed by atoms with Gasteiger partial charge in [0.2, 0.25) is 5.95 Å². The molecular weight excluding hydrogens is 568 g/mol. The van der Waals surface area contributed by atoms with Gasteiger partial charge in [-0.3, -0.25) is 4.79 Å². The van der Waals surface area contributed by atoms with Gasteiger partial charge in [0.05, 0.1) is 36.3 Å². The molecule has 0 aliphatic heterocycles. The molecule has 45 heavy (non-hydrogen) atoms. The van der Waals surface area contributed by atoms with E-state index in [0.717, 1.165) is 35.2 Å². The second kappa shape index (κ2) is 15.1. The Morgan fingerprint density at radius 2 is 1.76 bits per heavy atom.